The molecule has 2 rings (SSSR count). The van der Waals surface area contributed by atoms with Gasteiger partial charge in [-0.25, -0.2) is 9.59 Å². The second-order valence-electron chi connectivity index (χ2n) is 5.17. The molecule has 2 aromatic carbocycles. The molecule has 0 bridgehead atoms. The van der Waals surface area contributed by atoms with Crippen LogP contribution in [0.2, 0.25) is 20.1 Å². The van der Waals surface area contributed by atoms with Gasteiger partial charge in [-0.05, 0) is 42.8 Å². The molecule has 0 aliphatic heterocycles. The summed E-state index contributed by atoms with van der Waals surface area (Å²) in [5, 5.41) is 19.2. The van der Waals surface area contributed by atoms with Crippen LogP contribution in [-0.4, -0.2) is 17.0 Å². The minimum atomic E-state index is -1.59. The number of esters is 1. The number of ether oxygens (including phenoxy) is 1. The minimum absolute atomic E-state index is 0.000865. The quantitative estimate of drug-likeness (QED) is 0.279. The maximum atomic E-state index is 12.5. The number of hydrogen-bond donors (Lipinski definition) is 1. The lowest BCUT2D eigenvalue weighted by Gasteiger charge is -2.14. The average molecular weight is 445 g/mol. The van der Waals surface area contributed by atoms with Crippen molar-refractivity contribution in [3.8, 4) is 6.07 Å². The largest absolute Gasteiger partial charge is 0.477 e. The lowest BCUT2D eigenvalue weighted by atomic mass is 10.1. The minimum Gasteiger partial charge on any atom is -0.477 e. The van der Waals surface area contributed by atoms with Crippen LogP contribution in [0.4, 0.5) is 0 Å². The van der Waals surface area contributed by atoms with Crippen molar-refractivity contribution in [2.24, 2.45) is 0 Å². The zero-order valence-corrected chi connectivity index (χ0v) is 16.5. The van der Waals surface area contributed by atoms with E-state index in [9.17, 15) is 20.0 Å². The van der Waals surface area contributed by atoms with Crippen LogP contribution in [0.25, 0.3) is 5.76 Å². The Hall–Kier alpha value is -2.23. The van der Waals surface area contributed by atoms with Crippen molar-refractivity contribution in [1.29, 1.82) is 5.26 Å². The Balaban J connectivity index is 2.63. The molecular formula is C18H9Cl4NO4. The van der Waals surface area contributed by atoms with E-state index in [-0.39, 0.29) is 21.2 Å². The number of carboxylic acid groups (broad SMARTS) is 1. The van der Waals surface area contributed by atoms with E-state index in [2.05, 4.69) is 0 Å². The lowest BCUT2D eigenvalue weighted by Crippen LogP contribution is -2.11. The molecule has 0 heterocycles. The summed E-state index contributed by atoms with van der Waals surface area (Å²) < 4.78 is 5.22. The zero-order chi connectivity index (χ0) is 20.3. The molecule has 138 valence electrons. The van der Waals surface area contributed by atoms with Crippen molar-refractivity contribution in [2.75, 3.05) is 0 Å². The highest BCUT2D eigenvalue weighted by Crippen LogP contribution is 2.34. The fraction of sp³-hybridized carbons (Fsp3) is 0.0556. The number of nitrogens with zero attached hydrogens (tertiary/aromatic N) is 1. The number of carbonyl (C=O) groups excluding carboxylic acids is 1. The van der Waals surface area contributed by atoms with Crippen molar-refractivity contribution in [3.63, 3.8) is 0 Å². The van der Waals surface area contributed by atoms with E-state index < -0.39 is 23.3 Å². The first kappa shape index (κ1) is 21.1. The Morgan fingerprint density at radius 3 is 2.22 bits per heavy atom. The van der Waals surface area contributed by atoms with Gasteiger partial charge in [-0.3, -0.25) is 0 Å². The van der Waals surface area contributed by atoms with Gasteiger partial charge in [-0.15, -0.1) is 0 Å². The number of carboxylic acids is 1. The lowest BCUT2D eigenvalue weighted by molar-refractivity contribution is -0.132. The van der Waals surface area contributed by atoms with Crippen LogP contribution in [-0.2, 0) is 9.53 Å². The summed E-state index contributed by atoms with van der Waals surface area (Å²) in [4.78, 5) is 24.0. The molecule has 1 N–H and O–H groups in total. The molecule has 0 amide bonds. The number of rotatable bonds is 4. The van der Waals surface area contributed by atoms with Gasteiger partial charge in [0.1, 0.15) is 6.07 Å². The standard InChI is InChI=1S/C18H9Cl4NO4/c1-8-13(20)5-4-11(15(8)22)16(12(7-23)17(24)25)27-18(26)10-3-2-9(19)6-14(10)21/h2-6H,1H3,(H,24,25). The smallest absolute Gasteiger partial charge is 0.350 e. The number of carbonyl (C=O) groups is 2. The maximum absolute atomic E-state index is 12.5. The van der Waals surface area contributed by atoms with Crippen LogP contribution in [0.5, 0.6) is 0 Å². The fourth-order valence-electron chi connectivity index (χ4n) is 2.08. The van der Waals surface area contributed by atoms with Gasteiger partial charge in [0, 0.05) is 15.6 Å². The fourth-order valence-corrected chi connectivity index (χ4v) is 3.02. The number of nitriles is 1. The molecular weight excluding hydrogens is 436 g/mol. The predicted octanol–water partition coefficient (Wildman–Crippen LogP) is 5.78. The van der Waals surface area contributed by atoms with Crippen LogP contribution in [0, 0.1) is 18.3 Å². The third kappa shape index (κ3) is 4.55. The van der Waals surface area contributed by atoms with Gasteiger partial charge >= 0.3 is 11.9 Å². The van der Waals surface area contributed by atoms with Crippen LogP contribution in [0.15, 0.2) is 35.9 Å². The van der Waals surface area contributed by atoms with Crippen molar-refractivity contribution >= 4 is 64.1 Å². The molecule has 0 fully saturated rings. The average Bonchev–Trinajstić information content (AvgIpc) is 2.59. The Bertz CT molecular complexity index is 1020. The van der Waals surface area contributed by atoms with Crippen LogP contribution >= 0.6 is 46.4 Å². The van der Waals surface area contributed by atoms with Gasteiger partial charge in [0.15, 0.2) is 11.3 Å². The predicted molar refractivity (Wildman–Crippen MR) is 103 cm³/mol. The molecule has 0 saturated heterocycles. The van der Waals surface area contributed by atoms with E-state index in [0.29, 0.717) is 15.6 Å². The normalized spacial score (nSPS) is 11.4. The summed E-state index contributed by atoms with van der Waals surface area (Å²) in [6, 6.07) is 8.34. The molecule has 27 heavy (non-hydrogen) atoms. The number of aliphatic carboxylic acids is 1. The third-order valence-electron chi connectivity index (χ3n) is 3.46. The molecule has 0 saturated carbocycles. The highest BCUT2D eigenvalue weighted by Gasteiger charge is 2.25. The Labute approximate surface area is 174 Å². The molecule has 0 aliphatic carbocycles. The first-order chi connectivity index (χ1) is 12.7. The summed E-state index contributed by atoms with van der Waals surface area (Å²) in [7, 11) is 0. The molecule has 2 aromatic rings. The van der Waals surface area contributed by atoms with Crippen molar-refractivity contribution in [3.05, 3.63) is 72.7 Å². The molecule has 5 nitrogen and oxygen atoms in total. The summed E-state index contributed by atoms with van der Waals surface area (Å²) in [6.45, 7) is 1.59. The summed E-state index contributed by atoms with van der Waals surface area (Å²) in [5.74, 6) is -3.10. The number of benzene rings is 2. The molecule has 0 aromatic heterocycles. The molecule has 0 radical (unpaired) electrons. The van der Waals surface area contributed by atoms with Gasteiger partial charge in [0.25, 0.3) is 0 Å². The highest BCUT2D eigenvalue weighted by molar-refractivity contribution is 6.38. The molecule has 0 atom stereocenters. The number of halogens is 4. The van der Waals surface area contributed by atoms with Crippen LogP contribution < -0.4 is 0 Å². The molecule has 9 heteroatoms. The highest BCUT2D eigenvalue weighted by atomic mass is 35.5. The van der Waals surface area contributed by atoms with Crippen molar-refractivity contribution < 1.29 is 19.4 Å². The first-order valence-electron chi connectivity index (χ1n) is 7.17. The second kappa shape index (κ2) is 8.64. The van der Waals surface area contributed by atoms with E-state index in [0.717, 1.165) is 0 Å². The monoisotopic (exact) mass is 443 g/mol. The Morgan fingerprint density at radius 1 is 1.04 bits per heavy atom. The first-order valence-corrected chi connectivity index (χ1v) is 8.68. The van der Waals surface area contributed by atoms with Crippen LogP contribution in [0.3, 0.4) is 0 Å². The van der Waals surface area contributed by atoms with E-state index in [1.54, 1.807) is 6.92 Å². The third-order valence-corrected chi connectivity index (χ3v) is 4.91. The van der Waals surface area contributed by atoms with Crippen molar-refractivity contribution in [1.82, 2.24) is 0 Å². The zero-order valence-electron chi connectivity index (χ0n) is 13.5. The van der Waals surface area contributed by atoms with E-state index in [1.165, 1.54) is 36.4 Å². The van der Waals surface area contributed by atoms with Gasteiger partial charge in [0.2, 0.25) is 0 Å². The molecule has 0 aliphatic rings. The Morgan fingerprint density at radius 2 is 1.67 bits per heavy atom. The van der Waals surface area contributed by atoms with Gasteiger partial charge < -0.3 is 9.84 Å². The Kier molecular flexibility index (Phi) is 6.74. The summed E-state index contributed by atoms with van der Waals surface area (Å²) in [5.41, 5.74) is -0.423. The van der Waals surface area contributed by atoms with E-state index in [4.69, 9.17) is 51.1 Å². The number of hydrogen-bond acceptors (Lipinski definition) is 4. The molecule has 0 unspecified atom stereocenters. The van der Waals surface area contributed by atoms with Crippen LogP contribution in [0.1, 0.15) is 21.5 Å². The van der Waals surface area contributed by atoms with Crippen molar-refractivity contribution in [2.45, 2.75) is 6.92 Å². The summed E-state index contributed by atoms with van der Waals surface area (Å²) >= 11 is 24.0. The molecule has 0 spiro atoms. The van der Waals surface area contributed by atoms with E-state index in [1.807, 2.05) is 0 Å². The summed E-state index contributed by atoms with van der Waals surface area (Å²) in [6.07, 6.45) is 0. The SMILES string of the molecule is Cc1c(Cl)ccc(C(OC(=O)c2ccc(Cl)cc2Cl)=C(C#N)C(=O)O)c1Cl. The topological polar surface area (TPSA) is 87.4 Å². The second-order valence-corrected chi connectivity index (χ2v) is 6.80. The van der Waals surface area contributed by atoms with E-state index >= 15 is 0 Å². The van der Waals surface area contributed by atoms with Gasteiger partial charge in [-0.2, -0.15) is 5.26 Å². The van der Waals surface area contributed by atoms with Gasteiger partial charge in [-0.1, -0.05) is 46.4 Å². The van der Waals surface area contributed by atoms with Gasteiger partial charge in [0.05, 0.1) is 15.6 Å². The maximum Gasteiger partial charge on any atom is 0.350 e.